The highest BCUT2D eigenvalue weighted by Gasteiger charge is 2.13. The molecule has 0 radical (unpaired) electrons. The Kier molecular flexibility index (Phi) is 3.37. The van der Waals surface area contributed by atoms with Crippen molar-refractivity contribution < 1.29 is 0 Å². The van der Waals surface area contributed by atoms with Gasteiger partial charge in [0.2, 0.25) is 0 Å². The summed E-state index contributed by atoms with van der Waals surface area (Å²) in [7, 11) is 0. The number of anilines is 2. The van der Waals surface area contributed by atoms with E-state index in [0.29, 0.717) is 6.04 Å². The molecule has 18 heavy (non-hydrogen) atoms. The molecule has 1 fully saturated rings. The average molecular weight is 261 g/mol. The second-order valence-corrected chi connectivity index (χ2v) is 6.11. The number of nitrogen functional groups attached to an aromatic ring is 1. The van der Waals surface area contributed by atoms with Crippen LogP contribution in [0.2, 0.25) is 0 Å². The van der Waals surface area contributed by atoms with Crippen LogP contribution in [0.1, 0.15) is 38.5 Å². The molecule has 3 nitrogen and oxygen atoms in total. The maximum Gasteiger partial charge on any atom is 0.184 e. The molecule has 0 bridgehead atoms. The molecule has 0 atom stereocenters. The third kappa shape index (κ3) is 2.58. The lowest BCUT2D eigenvalue weighted by Crippen LogP contribution is -2.17. The number of fused-ring (bicyclic) bond motifs is 1. The number of thiazole rings is 1. The molecule has 1 aromatic heterocycles. The summed E-state index contributed by atoms with van der Waals surface area (Å²) in [6.07, 6.45) is 8.00. The third-order valence-corrected chi connectivity index (χ3v) is 4.54. The van der Waals surface area contributed by atoms with E-state index in [0.717, 1.165) is 16.3 Å². The second-order valence-electron chi connectivity index (χ2n) is 5.08. The monoisotopic (exact) mass is 261 g/mol. The van der Waals surface area contributed by atoms with Crippen molar-refractivity contribution in [3.63, 3.8) is 0 Å². The number of benzene rings is 1. The van der Waals surface area contributed by atoms with Crippen LogP contribution in [0.5, 0.6) is 0 Å². The number of aromatic nitrogens is 1. The van der Waals surface area contributed by atoms with Gasteiger partial charge in [-0.3, -0.25) is 0 Å². The standard InChI is InChI=1S/C14H19N3S/c15-10-7-8-12-13(9-10)18-14(17-12)16-11-5-3-1-2-4-6-11/h7-9,11H,1-6,15H2,(H,16,17). The second kappa shape index (κ2) is 5.14. The van der Waals surface area contributed by atoms with Gasteiger partial charge in [0.15, 0.2) is 5.13 Å². The Labute approximate surface area is 111 Å². The summed E-state index contributed by atoms with van der Waals surface area (Å²) < 4.78 is 1.17. The summed E-state index contributed by atoms with van der Waals surface area (Å²) >= 11 is 1.71. The maximum absolute atomic E-state index is 5.80. The lowest BCUT2D eigenvalue weighted by atomic mass is 10.1. The van der Waals surface area contributed by atoms with Crippen molar-refractivity contribution in [2.75, 3.05) is 11.1 Å². The number of rotatable bonds is 2. The van der Waals surface area contributed by atoms with E-state index in [1.807, 2.05) is 18.2 Å². The molecule has 4 heteroatoms. The summed E-state index contributed by atoms with van der Waals surface area (Å²) in [4.78, 5) is 4.63. The smallest absolute Gasteiger partial charge is 0.184 e. The molecule has 1 aliphatic carbocycles. The highest BCUT2D eigenvalue weighted by atomic mass is 32.1. The first kappa shape index (κ1) is 11.8. The van der Waals surface area contributed by atoms with Crippen molar-refractivity contribution in [3.8, 4) is 0 Å². The van der Waals surface area contributed by atoms with Gasteiger partial charge in [-0.1, -0.05) is 37.0 Å². The van der Waals surface area contributed by atoms with E-state index in [1.165, 1.54) is 43.2 Å². The number of nitrogens with zero attached hydrogens (tertiary/aromatic N) is 1. The zero-order chi connectivity index (χ0) is 12.4. The number of hydrogen-bond donors (Lipinski definition) is 2. The predicted octanol–water partition coefficient (Wildman–Crippen LogP) is 4.01. The van der Waals surface area contributed by atoms with Gasteiger partial charge in [-0.2, -0.15) is 0 Å². The Balaban J connectivity index is 1.77. The van der Waals surface area contributed by atoms with Crippen molar-refractivity contribution in [2.24, 2.45) is 0 Å². The van der Waals surface area contributed by atoms with Crippen LogP contribution in [0.3, 0.4) is 0 Å². The Morgan fingerprint density at radius 1 is 1.17 bits per heavy atom. The molecule has 0 aliphatic heterocycles. The molecule has 96 valence electrons. The average Bonchev–Trinajstić information content (AvgIpc) is 2.57. The first-order valence-corrected chi connectivity index (χ1v) is 7.55. The summed E-state index contributed by atoms with van der Waals surface area (Å²) in [6.45, 7) is 0. The lowest BCUT2D eigenvalue weighted by Gasteiger charge is -2.14. The van der Waals surface area contributed by atoms with Gasteiger partial charge in [0, 0.05) is 11.7 Å². The van der Waals surface area contributed by atoms with Crippen molar-refractivity contribution in [2.45, 2.75) is 44.6 Å². The minimum atomic E-state index is 0.602. The van der Waals surface area contributed by atoms with Gasteiger partial charge in [-0.25, -0.2) is 4.98 Å². The fourth-order valence-electron chi connectivity index (χ4n) is 2.60. The van der Waals surface area contributed by atoms with Crippen molar-refractivity contribution >= 4 is 32.4 Å². The fourth-order valence-corrected chi connectivity index (χ4v) is 3.59. The highest BCUT2D eigenvalue weighted by Crippen LogP contribution is 2.29. The quantitative estimate of drug-likeness (QED) is 0.634. The highest BCUT2D eigenvalue weighted by molar-refractivity contribution is 7.22. The predicted molar refractivity (Wildman–Crippen MR) is 79.1 cm³/mol. The summed E-state index contributed by atoms with van der Waals surface area (Å²) in [5, 5.41) is 4.64. The maximum atomic E-state index is 5.80. The molecule has 1 aliphatic rings. The minimum absolute atomic E-state index is 0.602. The minimum Gasteiger partial charge on any atom is -0.399 e. The molecule has 3 N–H and O–H groups in total. The van der Waals surface area contributed by atoms with E-state index in [-0.39, 0.29) is 0 Å². The van der Waals surface area contributed by atoms with Crippen LogP contribution < -0.4 is 11.1 Å². The fraction of sp³-hybridized carbons (Fsp3) is 0.500. The first-order valence-electron chi connectivity index (χ1n) is 6.74. The normalized spacial score (nSPS) is 17.8. The zero-order valence-corrected chi connectivity index (χ0v) is 11.3. The molecule has 1 heterocycles. The van der Waals surface area contributed by atoms with Crippen molar-refractivity contribution in [3.05, 3.63) is 18.2 Å². The largest absolute Gasteiger partial charge is 0.399 e. The number of nitrogens with one attached hydrogen (secondary N) is 1. The van der Waals surface area contributed by atoms with Crippen LogP contribution in [0, 0.1) is 0 Å². The van der Waals surface area contributed by atoms with Gasteiger partial charge in [0.05, 0.1) is 10.2 Å². The van der Waals surface area contributed by atoms with Crippen LogP contribution in [0.15, 0.2) is 18.2 Å². The summed E-state index contributed by atoms with van der Waals surface area (Å²) in [5.74, 6) is 0. The molecule has 1 aromatic carbocycles. The molecule has 0 unspecified atom stereocenters. The SMILES string of the molecule is Nc1ccc2nc(NC3CCCCCC3)sc2c1. The van der Waals surface area contributed by atoms with E-state index in [4.69, 9.17) is 5.73 Å². The Hall–Kier alpha value is -1.29. The van der Waals surface area contributed by atoms with E-state index < -0.39 is 0 Å². The topological polar surface area (TPSA) is 50.9 Å². The molecule has 3 rings (SSSR count). The van der Waals surface area contributed by atoms with Crippen LogP contribution in [-0.2, 0) is 0 Å². The summed E-state index contributed by atoms with van der Waals surface area (Å²) in [6, 6.07) is 6.52. The number of hydrogen-bond acceptors (Lipinski definition) is 4. The molecular weight excluding hydrogens is 242 g/mol. The molecule has 0 amide bonds. The Morgan fingerprint density at radius 3 is 2.72 bits per heavy atom. The van der Waals surface area contributed by atoms with E-state index >= 15 is 0 Å². The van der Waals surface area contributed by atoms with Gasteiger partial charge < -0.3 is 11.1 Å². The van der Waals surface area contributed by atoms with Gasteiger partial charge >= 0.3 is 0 Å². The number of nitrogens with two attached hydrogens (primary N) is 1. The summed E-state index contributed by atoms with van der Waals surface area (Å²) in [5.41, 5.74) is 7.66. The Bertz CT molecular complexity index is 527. The van der Waals surface area contributed by atoms with Crippen molar-refractivity contribution in [1.29, 1.82) is 0 Å². The Morgan fingerprint density at radius 2 is 1.94 bits per heavy atom. The third-order valence-electron chi connectivity index (χ3n) is 3.60. The van der Waals surface area contributed by atoms with E-state index in [2.05, 4.69) is 10.3 Å². The van der Waals surface area contributed by atoms with Crippen LogP contribution in [-0.4, -0.2) is 11.0 Å². The molecule has 2 aromatic rings. The van der Waals surface area contributed by atoms with Crippen LogP contribution in [0.4, 0.5) is 10.8 Å². The first-order chi connectivity index (χ1) is 8.81. The van der Waals surface area contributed by atoms with Crippen molar-refractivity contribution in [1.82, 2.24) is 4.98 Å². The van der Waals surface area contributed by atoms with Gasteiger partial charge in [-0.15, -0.1) is 0 Å². The van der Waals surface area contributed by atoms with Crippen LogP contribution >= 0.6 is 11.3 Å². The molecule has 1 saturated carbocycles. The van der Waals surface area contributed by atoms with E-state index in [9.17, 15) is 0 Å². The molecule has 0 saturated heterocycles. The molecular formula is C14H19N3S. The van der Waals surface area contributed by atoms with Crippen LogP contribution in [0.25, 0.3) is 10.2 Å². The van der Waals surface area contributed by atoms with Gasteiger partial charge in [-0.05, 0) is 31.0 Å². The van der Waals surface area contributed by atoms with Gasteiger partial charge in [0.1, 0.15) is 0 Å². The van der Waals surface area contributed by atoms with Gasteiger partial charge in [0.25, 0.3) is 0 Å². The van der Waals surface area contributed by atoms with E-state index in [1.54, 1.807) is 11.3 Å². The molecule has 0 spiro atoms. The zero-order valence-electron chi connectivity index (χ0n) is 10.5. The lowest BCUT2D eigenvalue weighted by molar-refractivity contribution is 0.620.